The first kappa shape index (κ1) is 30.8. The van der Waals surface area contributed by atoms with Gasteiger partial charge in [-0.25, -0.2) is 0 Å². The van der Waals surface area contributed by atoms with Crippen LogP contribution in [0.25, 0.3) is 17.1 Å². The molecule has 4 rings (SSSR count). The summed E-state index contributed by atoms with van der Waals surface area (Å²) < 4.78 is 2.12. The van der Waals surface area contributed by atoms with Crippen molar-refractivity contribution >= 4 is 23.6 Å². The van der Waals surface area contributed by atoms with E-state index < -0.39 is 0 Å². The fourth-order valence-electron chi connectivity index (χ4n) is 5.38. The molecule has 0 aliphatic carbocycles. The van der Waals surface area contributed by atoms with Gasteiger partial charge in [-0.3, -0.25) is 14.2 Å². The van der Waals surface area contributed by atoms with Crippen LogP contribution in [-0.2, 0) is 9.59 Å². The van der Waals surface area contributed by atoms with Crippen molar-refractivity contribution < 1.29 is 9.59 Å². The lowest BCUT2D eigenvalue weighted by Crippen LogP contribution is -2.55. The molecule has 1 fully saturated rings. The van der Waals surface area contributed by atoms with E-state index in [1.807, 2.05) is 9.80 Å². The maximum atomic E-state index is 13.0. The second-order valence-electron chi connectivity index (χ2n) is 11.2. The molecule has 1 unspecified atom stereocenters. The maximum Gasteiger partial charge on any atom is 0.222 e. The molecule has 2 aromatic carbocycles. The number of hydrogen-bond acceptors (Lipinski definition) is 5. The highest BCUT2D eigenvalue weighted by Gasteiger charge is 2.29. The minimum Gasteiger partial charge on any atom is -0.339 e. The molecule has 0 spiro atoms. The van der Waals surface area contributed by atoms with E-state index in [0.29, 0.717) is 32.5 Å². The van der Waals surface area contributed by atoms with Crippen LogP contribution in [0, 0.1) is 13.8 Å². The Kier molecular flexibility index (Phi) is 11.4. The quantitative estimate of drug-likeness (QED) is 0.165. The summed E-state index contributed by atoms with van der Waals surface area (Å²) in [6.45, 7) is 10.3. The zero-order valence-electron chi connectivity index (χ0n) is 25.1. The van der Waals surface area contributed by atoms with Gasteiger partial charge >= 0.3 is 0 Å². The highest BCUT2D eigenvalue weighted by Crippen LogP contribution is 2.29. The van der Waals surface area contributed by atoms with Gasteiger partial charge in [-0.1, -0.05) is 86.3 Å². The molecule has 2 amide bonds. The van der Waals surface area contributed by atoms with Crippen LogP contribution in [0.4, 0.5) is 0 Å². The highest BCUT2D eigenvalue weighted by molar-refractivity contribution is 7.99. The van der Waals surface area contributed by atoms with Gasteiger partial charge in [0.25, 0.3) is 0 Å². The number of carbonyl (C=O) groups excluding carboxylic acids is 2. The summed E-state index contributed by atoms with van der Waals surface area (Å²) >= 11 is 1.64. The average molecular weight is 576 g/mol. The van der Waals surface area contributed by atoms with Crippen LogP contribution in [0.1, 0.15) is 76.3 Å². The summed E-state index contributed by atoms with van der Waals surface area (Å²) in [5.74, 6) is 2.00. The average Bonchev–Trinajstić information content (AvgIpc) is 3.39. The molecule has 0 N–H and O–H groups in total. The number of unbranched alkanes of at least 4 members (excludes halogenated alkanes) is 4. The molecule has 1 atom stereocenters. The zero-order valence-corrected chi connectivity index (χ0v) is 26.0. The van der Waals surface area contributed by atoms with Crippen molar-refractivity contribution in [2.75, 3.05) is 25.4 Å². The zero-order chi connectivity index (χ0) is 29.2. The summed E-state index contributed by atoms with van der Waals surface area (Å²) in [6.07, 6.45) is 7.63. The lowest BCUT2D eigenvalue weighted by molar-refractivity contribution is -0.142. The van der Waals surface area contributed by atoms with Crippen molar-refractivity contribution in [1.29, 1.82) is 0 Å². The van der Waals surface area contributed by atoms with E-state index >= 15 is 0 Å². The molecule has 0 bridgehead atoms. The number of carbonyl (C=O) groups is 2. The number of piperazine rings is 1. The third kappa shape index (κ3) is 8.44. The van der Waals surface area contributed by atoms with Crippen LogP contribution >= 0.6 is 11.8 Å². The van der Waals surface area contributed by atoms with Crippen molar-refractivity contribution in [2.45, 2.75) is 90.3 Å². The van der Waals surface area contributed by atoms with Gasteiger partial charge in [0.2, 0.25) is 11.8 Å². The standard InChI is InChI=1S/C33H45N5O2S/c1-5-6-7-8-9-14-31(40)37-21-20-36(24-27(37)4)30(39)15-11-22-41-33-35-34-32(28-18-16-25(2)17-19-28)38(33)29-13-10-12-26(3)23-29/h10,12-13,16-19,23,27H,5-9,11,14-15,20-22,24H2,1-4H3. The van der Waals surface area contributed by atoms with Crippen molar-refractivity contribution in [3.05, 3.63) is 59.7 Å². The first-order chi connectivity index (χ1) is 19.9. The minimum absolute atomic E-state index is 0.0679. The number of benzene rings is 2. The topological polar surface area (TPSA) is 71.3 Å². The number of nitrogens with zero attached hydrogens (tertiary/aromatic N) is 5. The van der Waals surface area contributed by atoms with Crippen LogP contribution in [0.3, 0.4) is 0 Å². The number of hydrogen-bond donors (Lipinski definition) is 0. The Morgan fingerprint density at radius 2 is 1.63 bits per heavy atom. The number of rotatable bonds is 13. The van der Waals surface area contributed by atoms with E-state index in [0.717, 1.165) is 47.2 Å². The summed E-state index contributed by atoms with van der Waals surface area (Å²) in [4.78, 5) is 29.7. The van der Waals surface area contributed by atoms with E-state index in [4.69, 9.17) is 0 Å². The third-order valence-electron chi connectivity index (χ3n) is 7.76. The summed E-state index contributed by atoms with van der Waals surface area (Å²) in [7, 11) is 0. The third-order valence-corrected chi connectivity index (χ3v) is 8.78. The minimum atomic E-state index is 0.0679. The molecule has 8 heteroatoms. The monoisotopic (exact) mass is 575 g/mol. The molecule has 1 aromatic heterocycles. The number of aryl methyl sites for hydroxylation is 2. The summed E-state index contributed by atoms with van der Waals surface area (Å²) in [5, 5.41) is 9.92. The summed E-state index contributed by atoms with van der Waals surface area (Å²) in [6, 6.07) is 16.8. The van der Waals surface area contributed by atoms with Crippen LogP contribution in [0.5, 0.6) is 0 Å². The molecule has 2 heterocycles. The van der Waals surface area contributed by atoms with Gasteiger partial charge in [-0.2, -0.15) is 0 Å². The fraction of sp³-hybridized carbons (Fsp3) is 0.515. The fourth-order valence-corrected chi connectivity index (χ4v) is 6.27. The lowest BCUT2D eigenvalue weighted by atomic mass is 10.1. The molecule has 41 heavy (non-hydrogen) atoms. The van der Waals surface area contributed by atoms with E-state index in [-0.39, 0.29) is 17.9 Å². The molecule has 3 aromatic rings. The molecule has 220 valence electrons. The van der Waals surface area contributed by atoms with E-state index in [9.17, 15) is 9.59 Å². The normalized spacial score (nSPS) is 15.4. The molecule has 1 saturated heterocycles. The number of thioether (sulfide) groups is 1. The largest absolute Gasteiger partial charge is 0.339 e. The number of amides is 2. The molecule has 0 saturated carbocycles. The Hall–Kier alpha value is -3.13. The summed E-state index contributed by atoms with van der Waals surface area (Å²) in [5.41, 5.74) is 4.44. The first-order valence-electron chi connectivity index (χ1n) is 15.2. The van der Waals surface area contributed by atoms with Crippen molar-refractivity contribution in [1.82, 2.24) is 24.6 Å². The van der Waals surface area contributed by atoms with Gasteiger partial charge in [0.15, 0.2) is 11.0 Å². The molecular formula is C33H45N5O2S. The Labute approximate surface area is 249 Å². The van der Waals surface area contributed by atoms with E-state index in [1.165, 1.54) is 30.4 Å². The van der Waals surface area contributed by atoms with Crippen LogP contribution in [-0.4, -0.2) is 67.8 Å². The van der Waals surface area contributed by atoms with Crippen LogP contribution in [0.2, 0.25) is 0 Å². The molecule has 1 aliphatic heterocycles. The smallest absolute Gasteiger partial charge is 0.222 e. The predicted octanol–water partition coefficient (Wildman–Crippen LogP) is 6.84. The highest BCUT2D eigenvalue weighted by atomic mass is 32.2. The van der Waals surface area contributed by atoms with Crippen LogP contribution in [0.15, 0.2) is 53.7 Å². The van der Waals surface area contributed by atoms with Gasteiger partial charge in [0.1, 0.15) is 0 Å². The second-order valence-corrected chi connectivity index (χ2v) is 12.3. The van der Waals surface area contributed by atoms with E-state index in [1.54, 1.807) is 11.8 Å². The maximum absolute atomic E-state index is 13.0. The Balaban J connectivity index is 1.29. The van der Waals surface area contributed by atoms with Gasteiger partial charge in [-0.05, 0) is 51.3 Å². The molecule has 7 nitrogen and oxygen atoms in total. The van der Waals surface area contributed by atoms with Crippen molar-refractivity contribution in [2.24, 2.45) is 0 Å². The Bertz CT molecular complexity index is 1290. The number of aromatic nitrogens is 3. The Morgan fingerprint density at radius 1 is 0.878 bits per heavy atom. The molecule has 0 radical (unpaired) electrons. The van der Waals surface area contributed by atoms with Crippen molar-refractivity contribution in [3.63, 3.8) is 0 Å². The van der Waals surface area contributed by atoms with Gasteiger partial charge in [0.05, 0.1) is 0 Å². The Morgan fingerprint density at radius 3 is 2.37 bits per heavy atom. The first-order valence-corrected chi connectivity index (χ1v) is 16.2. The van der Waals surface area contributed by atoms with Crippen molar-refractivity contribution in [3.8, 4) is 17.1 Å². The molecule has 1 aliphatic rings. The SMILES string of the molecule is CCCCCCCC(=O)N1CCN(C(=O)CCCSc2nnc(-c3ccc(C)cc3)n2-c2cccc(C)c2)CC1C. The second kappa shape index (κ2) is 15.2. The lowest BCUT2D eigenvalue weighted by Gasteiger charge is -2.40. The molecular weight excluding hydrogens is 530 g/mol. The van der Waals surface area contributed by atoms with Gasteiger partial charge in [-0.15, -0.1) is 10.2 Å². The van der Waals surface area contributed by atoms with Gasteiger partial charge in [0, 0.05) is 55.5 Å². The predicted molar refractivity (Wildman–Crippen MR) is 167 cm³/mol. The van der Waals surface area contributed by atoms with E-state index in [2.05, 4.69) is 91.0 Å². The van der Waals surface area contributed by atoms with Gasteiger partial charge < -0.3 is 9.80 Å². The van der Waals surface area contributed by atoms with Crippen LogP contribution < -0.4 is 0 Å².